The summed E-state index contributed by atoms with van der Waals surface area (Å²) in [7, 11) is 0. The van der Waals surface area contributed by atoms with Gasteiger partial charge in [-0.05, 0) is 46.1 Å². The molecule has 2 N–H and O–H groups in total. The number of rotatable bonds is 8. The Morgan fingerprint density at radius 1 is 1.30 bits per heavy atom. The van der Waals surface area contributed by atoms with Crippen molar-refractivity contribution in [3.05, 3.63) is 0 Å². The molecule has 0 aliphatic carbocycles. The standard InChI is InChI=1S/C17H36N2O/c1-6-9-16-10-7-8-11-19(16)15(4)12-17(5,13-20)18-14(2)3/h14-16,18,20H,6-13H2,1-5H3. The Bertz CT molecular complexity index is 268. The van der Waals surface area contributed by atoms with Crippen molar-refractivity contribution in [2.24, 2.45) is 0 Å². The van der Waals surface area contributed by atoms with E-state index in [0.717, 1.165) is 12.5 Å². The Balaban J connectivity index is 2.63. The van der Waals surface area contributed by atoms with Gasteiger partial charge in [0.1, 0.15) is 0 Å². The fraction of sp³-hybridized carbons (Fsp3) is 1.00. The molecule has 20 heavy (non-hydrogen) atoms. The lowest BCUT2D eigenvalue weighted by Crippen LogP contribution is -2.55. The molecule has 3 nitrogen and oxygen atoms in total. The molecule has 0 saturated carbocycles. The van der Waals surface area contributed by atoms with E-state index in [-0.39, 0.29) is 12.1 Å². The predicted octanol–water partition coefficient (Wildman–Crippen LogP) is 3.17. The zero-order valence-electron chi connectivity index (χ0n) is 14.3. The van der Waals surface area contributed by atoms with Gasteiger partial charge in [0.15, 0.2) is 0 Å². The molecule has 0 spiro atoms. The highest BCUT2D eigenvalue weighted by Gasteiger charge is 2.32. The molecular formula is C17H36N2O. The smallest absolute Gasteiger partial charge is 0.0611 e. The average Bonchev–Trinajstić information content (AvgIpc) is 2.38. The summed E-state index contributed by atoms with van der Waals surface area (Å²) in [5.74, 6) is 0. The molecule has 0 bridgehead atoms. The minimum atomic E-state index is -0.165. The van der Waals surface area contributed by atoms with Gasteiger partial charge in [-0.3, -0.25) is 4.90 Å². The number of hydrogen-bond donors (Lipinski definition) is 2. The highest BCUT2D eigenvalue weighted by molar-refractivity contribution is 4.90. The number of piperidine rings is 1. The summed E-state index contributed by atoms with van der Waals surface area (Å²) in [4.78, 5) is 2.70. The lowest BCUT2D eigenvalue weighted by atomic mass is 9.89. The molecule has 0 aromatic carbocycles. The molecule has 3 heteroatoms. The molecule has 0 aromatic heterocycles. The van der Waals surface area contributed by atoms with Crippen LogP contribution in [0.2, 0.25) is 0 Å². The topological polar surface area (TPSA) is 35.5 Å². The molecule has 1 heterocycles. The Kier molecular flexibility index (Phi) is 7.49. The van der Waals surface area contributed by atoms with Gasteiger partial charge in [-0.2, -0.15) is 0 Å². The van der Waals surface area contributed by atoms with Gasteiger partial charge in [-0.25, -0.2) is 0 Å². The van der Waals surface area contributed by atoms with Gasteiger partial charge in [-0.1, -0.05) is 33.6 Å². The zero-order chi connectivity index (χ0) is 15.2. The van der Waals surface area contributed by atoms with Crippen LogP contribution in [0.5, 0.6) is 0 Å². The fourth-order valence-electron chi connectivity index (χ4n) is 3.88. The lowest BCUT2D eigenvalue weighted by Gasteiger charge is -2.43. The molecule has 1 aliphatic heterocycles. The summed E-state index contributed by atoms with van der Waals surface area (Å²) in [5.41, 5.74) is -0.165. The maximum atomic E-state index is 9.77. The van der Waals surface area contributed by atoms with Crippen LogP contribution in [0, 0.1) is 0 Å². The SMILES string of the molecule is CCCC1CCCCN1C(C)CC(C)(CO)NC(C)C. The van der Waals surface area contributed by atoms with Crippen molar-refractivity contribution in [3.63, 3.8) is 0 Å². The highest BCUT2D eigenvalue weighted by atomic mass is 16.3. The molecule has 0 aromatic rings. The maximum absolute atomic E-state index is 9.77. The Morgan fingerprint density at radius 3 is 2.55 bits per heavy atom. The van der Waals surface area contributed by atoms with Crippen LogP contribution in [0.4, 0.5) is 0 Å². The van der Waals surface area contributed by atoms with E-state index in [1.807, 2.05) is 0 Å². The summed E-state index contributed by atoms with van der Waals surface area (Å²) in [6.45, 7) is 12.5. The van der Waals surface area contributed by atoms with Crippen LogP contribution in [0.3, 0.4) is 0 Å². The first-order valence-corrected chi connectivity index (χ1v) is 8.56. The fourth-order valence-corrected chi connectivity index (χ4v) is 3.88. The third-order valence-corrected chi connectivity index (χ3v) is 4.59. The molecular weight excluding hydrogens is 248 g/mol. The summed E-state index contributed by atoms with van der Waals surface area (Å²) in [6, 6.07) is 1.70. The van der Waals surface area contributed by atoms with E-state index in [2.05, 4.69) is 44.8 Å². The molecule has 120 valence electrons. The van der Waals surface area contributed by atoms with E-state index in [9.17, 15) is 5.11 Å². The van der Waals surface area contributed by atoms with Gasteiger partial charge in [0, 0.05) is 23.7 Å². The minimum Gasteiger partial charge on any atom is -0.394 e. The first kappa shape index (κ1) is 17.9. The van der Waals surface area contributed by atoms with Crippen molar-refractivity contribution in [3.8, 4) is 0 Å². The molecule has 1 rings (SSSR count). The van der Waals surface area contributed by atoms with E-state index in [0.29, 0.717) is 12.1 Å². The van der Waals surface area contributed by atoms with Gasteiger partial charge < -0.3 is 10.4 Å². The first-order valence-electron chi connectivity index (χ1n) is 8.56. The number of aliphatic hydroxyl groups is 1. The Morgan fingerprint density at radius 2 is 2.00 bits per heavy atom. The van der Waals surface area contributed by atoms with Crippen LogP contribution in [0.15, 0.2) is 0 Å². The van der Waals surface area contributed by atoms with Gasteiger partial charge in [0.05, 0.1) is 6.61 Å². The molecule has 1 fully saturated rings. The second kappa shape index (κ2) is 8.35. The molecule has 0 amide bonds. The molecule has 3 unspecified atom stereocenters. The van der Waals surface area contributed by atoms with Crippen LogP contribution in [0.25, 0.3) is 0 Å². The van der Waals surface area contributed by atoms with Crippen LogP contribution in [0.1, 0.15) is 73.1 Å². The summed E-state index contributed by atoms with van der Waals surface area (Å²) < 4.78 is 0. The van der Waals surface area contributed by atoms with E-state index in [4.69, 9.17) is 0 Å². The van der Waals surface area contributed by atoms with Crippen molar-refractivity contribution in [2.75, 3.05) is 13.2 Å². The monoisotopic (exact) mass is 284 g/mol. The number of likely N-dealkylation sites (tertiary alicyclic amines) is 1. The minimum absolute atomic E-state index is 0.165. The second-order valence-corrected chi connectivity index (χ2v) is 7.25. The third kappa shape index (κ3) is 5.34. The lowest BCUT2D eigenvalue weighted by molar-refractivity contribution is 0.0590. The third-order valence-electron chi connectivity index (χ3n) is 4.59. The van der Waals surface area contributed by atoms with Crippen molar-refractivity contribution >= 4 is 0 Å². The van der Waals surface area contributed by atoms with Gasteiger partial charge in [-0.15, -0.1) is 0 Å². The van der Waals surface area contributed by atoms with E-state index < -0.39 is 0 Å². The van der Waals surface area contributed by atoms with E-state index in [1.54, 1.807) is 0 Å². The van der Waals surface area contributed by atoms with Gasteiger partial charge in [0.25, 0.3) is 0 Å². The molecule has 1 saturated heterocycles. The maximum Gasteiger partial charge on any atom is 0.0611 e. The average molecular weight is 284 g/mol. The first-order chi connectivity index (χ1) is 9.41. The predicted molar refractivity (Wildman–Crippen MR) is 87.1 cm³/mol. The van der Waals surface area contributed by atoms with Crippen molar-refractivity contribution in [1.82, 2.24) is 10.2 Å². The van der Waals surface area contributed by atoms with Gasteiger partial charge >= 0.3 is 0 Å². The zero-order valence-corrected chi connectivity index (χ0v) is 14.3. The Hall–Kier alpha value is -0.120. The van der Waals surface area contributed by atoms with Crippen molar-refractivity contribution in [1.29, 1.82) is 0 Å². The van der Waals surface area contributed by atoms with E-state index in [1.165, 1.54) is 38.6 Å². The van der Waals surface area contributed by atoms with E-state index >= 15 is 0 Å². The summed E-state index contributed by atoms with van der Waals surface area (Å²) in [5, 5.41) is 13.3. The van der Waals surface area contributed by atoms with Crippen molar-refractivity contribution < 1.29 is 5.11 Å². The quantitative estimate of drug-likeness (QED) is 0.718. The second-order valence-electron chi connectivity index (χ2n) is 7.25. The van der Waals surface area contributed by atoms with Gasteiger partial charge in [0.2, 0.25) is 0 Å². The number of hydrogen-bond acceptors (Lipinski definition) is 3. The molecule has 0 radical (unpaired) electrons. The number of nitrogens with zero attached hydrogens (tertiary/aromatic N) is 1. The highest BCUT2D eigenvalue weighted by Crippen LogP contribution is 2.26. The normalized spacial score (nSPS) is 25.6. The van der Waals surface area contributed by atoms with Crippen LogP contribution in [-0.4, -0.2) is 46.8 Å². The van der Waals surface area contributed by atoms with Crippen LogP contribution >= 0.6 is 0 Å². The molecule has 1 aliphatic rings. The summed E-state index contributed by atoms with van der Waals surface area (Å²) >= 11 is 0. The largest absolute Gasteiger partial charge is 0.394 e. The number of nitrogens with one attached hydrogen (secondary N) is 1. The molecule has 3 atom stereocenters. The summed E-state index contributed by atoms with van der Waals surface area (Å²) in [6.07, 6.45) is 7.67. The van der Waals surface area contributed by atoms with Crippen LogP contribution < -0.4 is 5.32 Å². The number of aliphatic hydroxyl groups excluding tert-OH is 1. The van der Waals surface area contributed by atoms with Crippen molar-refractivity contribution in [2.45, 2.75) is 96.8 Å². The Labute approximate surface area is 126 Å². The van der Waals surface area contributed by atoms with Crippen LogP contribution in [-0.2, 0) is 0 Å².